The molecule has 146 valence electrons. The fourth-order valence-electron chi connectivity index (χ4n) is 2.45. The summed E-state index contributed by atoms with van der Waals surface area (Å²) in [6.07, 6.45) is -3.34. The van der Waals surface area contributed by atoms with E-state index in [1.54, 1.807) is 18.2 Å². The maximum Gasteiger partial charge on any atom is 0.417 e. The number of anilines is 5. The highest BCUT2D eigenvalue weighted by atomic mass is 35.5. The summed E-state index contributed by atoms with van der Waals surface area (Å²) in [5.41, 5.74) is 7.00. The van der Waals surface area contributed by atoms with Crippen molar-refractivity contribution in [2.45, 2.75) is 13.1 Å². The molecule has 0 unspecified atom stereocenters. The summed E-state index contributed by atoms with van der Waals surface area (Å²) in [4.78, 5) is 8.09. The number of aryl methyl sites for hydroxylation is 1. The molecule has 3 rings (SSSR count). The molecule has 28 heavy (non-hydrogen) atoms. The topological polar surface area (TPSA) is 75.9 Å². The predicted octanol–water partition coefficient (Wildman–Crippen LogP) is 6.18. The lowest BCUT2D eigenvalue weighted by Gasteiger charge is -2.15. The van der Waals surface area contributed by atoms with Gasteiger partial charge < -0.3 is 16.4 Å². The molecule has 2 aromatic carbocycles. The van der Waals surface area contributed by atoms with Crippen LogP contribution in [-0.2, 0) is 6.18 Å². The Labute approximate surface area is 168 Å². The molecule has 10 heteroatoms. The van der Waals surface area contributed by atoms with Gasteiger partial charge in [-0.15, -0.1) is 0 Å². The quantitative estimate of drug-likeness (QED) is 0.463. The van der Waals surface area contributed by atoms with Gasteiger partial charge in [-0.25, -0.2) is 9.97 Å². The Kier molecular flexibility index (Phi) is 5.53. The molecule has 0 aliphatic rings. The van der Waals surface area contributed by atoms with E-state index in [2.05, 4.69) is 20.6 Å². The molecule has 0 fully saturated rings. The molecule has 1 heterocycles. The number of hydrogen-bond acceptors (Lipinski definition) is 5. The summed E-state index contributed by atoms with van der Waals surface area (Å²) in [5.74, 6) is 0.451. The Bertz CT molecular complexity index is 1020. The van der Waals surface area contributed by atoms with Gasteiger partial charge in [0.1, 0.15) is 12.0 Å². The van der Waals surface area contributed by atoms with Gasteiger partial charge in [-0.2, -0.15) is 13.2 Å². The first kappa shape index (κ1) is 20.0. The summed E-state index contributed by atoms with van der Waals surface area (Å²) >= 11 is 11.6. The largest absolute Gasteiger partial charge is 0.417 e. The van der Waals surface area contributed by atoms with Crippen molar-refractivity contribution in [3.8, 4) is 0 Å². The van der Waals surface area contributed by atoms with Gasteiger partial charge in [-0.05, 0) is 48.9 Å². The number of nitrogens with two attached hydrogens (primary N) is 1. The fraction of sp³-hybridized carbons (Fsp3) is 0.111. The zero-order valence-corrected chi connectivity index (χ0v) is 15.9. The van der Waals surface area contributed by atoms with E-state index in [0.29, 0.717) is 10.8 Å². The Morgan fingerprint density at radius 2 is 1.64 bits per heavy atom. The van der Waals surface area contributed by atoms with Gasteiger partial charge in [0.2, 0.25) is 0 Å². The van der Waals surface area contributed by atoms with Gasteiger partial charge >= 0.3 is 6.18 Å². The molecule has 0 amide bonds. The van der Waals surface area contributed by atoms with Crippen LogP contribution in [0, 0.1) is 6.92 Å². The summed E-state index contributed by atoms with van der Waals surface area (Å²) in [6.45, 7) is 1.86. The van der Waals surface area contributed by atoms with Crippen LogP contribution in [0.4, 0.5) is 41.9 Å². The molecule has 0 aliphatic carbocycles. The lowest BCUT2D eigenvalue weighted by atomic mass is 10.2. The van der Waals surface area contributed by atoms with Crippen LogP contribution in [0.3, 0.4) is 0 Å². The van der Waals surface area contributed by atoms with E-state index in [1.165, 1.54) is 12.4 Å². The fourth-order valence-corrected chi connectivity index (χ4v) is 2.90. The highest BCUT2D eigenvalue weighted by molar-refractivity contribution is 6.31. The summed E-state index contributed by atoms with van der Waals surface area (Å²) in [7, 11) is 0. The van der Waals surface area contributed by atoms with E-state index >= 15 is 0 Å². The summed E-state index contributed by atoms with van der Waals surface area (Å²) < 4.78 is 39.1. The number of hydrogen-bond donors (Lipinski definition) is 3. The predicted molar refractivity (Wildman–Crippen MR) is 106 cm³/mol. The molecule has 0 saturated carbocycles. The van der Waals surface area contributed by atoms with E-state index in [1.807, 2.05) is 6.92 Å². The van der Waals surface area contributed by atoms with E-state index in [9.17, 15) is 13.2 Å². The molecule has 0 atom stereocenters. The first-order valence-electron chi connectivity index (χ1n) is 7.92. The van der Waals surface area contributed by atoms with Gasteiger partial charge in [0.15, 0.2) is 11.6 Å². The number of alkyl halides is 3. The monoisotopic (exact) mass is 427 g/mol. The van der Waals surface area contributed by atoms with Crippen LogP contribution >= 0.6 is 23.2 Å². The van der Waals surface area contributed by atoms with Crippen molar-refractivity contribution >= 4 is 51.9 Å². The molecular weight excluding hydrogens is 414 g/mol. The van der Waals surface area contributed by atoms with Crippen molar-refractivity contribution in [3.63, 3.8) is 0 Å². The van der Waals surface area contributed by atoms with Gasteiger partial charge in [0, 0.05) is 16.4 Å². The van der Waals surface area contributed by atoms with E-state index in [0.717, 1.165) is 23.4 Å². The van der Waals surface area contributed by atoms with Crippen molar-refractivity contribution in [2.24, 2.45) is 0 Å². The van der Waals surface area contributed by atoms with Crippen LogP contribution in [0.25, 0.3) is 0 Å². The maximum atomic E-state index is 13.0. The normalized spacial score (nSPS) is 11.4. The minimum atomic E-state index is -4.58. The molecule has 0 saturated heterocycles. The number of aromatic nitrogens is 2. The lowest BCUT2D eigenvalue weighted by molar-refractivity contribution is -0.137. The zero-order chi connectivity index (χ0) is 20.5. The Balaban J connectivity index is 1.90. The zero-order valence-electron chi connectivity index (χ0n) is 14.4. The van der Waals surface area contributed by atoms with Crippen LogP contribution in [0.5, 0.6) is 0 Å². The number of rotatable bonds is 4. The molecule has 0 aliphatic heterocycles. The summed E-state index contributed by atoms with van der Waals surface area (Å²) in [6, 6.07) is 8.68. The second-order valence-corrected chi connectivity index (χ2v) is 6.73. The average Bonchev–Trinajstić information content (AvgIpc) is 2.61. The average molecular weight is 428 g/mol. The Morgan fingerprint density at radius 3 is 2.29 bits per heavy atom. The number of nitrogen functional groups attached to an aromatic ring is 1. The third-order valence-electron chi connectivity index (χ3n) is 3.86. The van der Waals surface area contributed by atoms with Crippen molar-refractivity contribution in [1.82, 2.24) is 9.97 Å². The molecule has 1 aromatic heterocycles. The molecule has 0 radical (unpaired) electrons. The SMILES string of the molecule is Cc1cc(Cl)ccc1Nc1ncnc(Nc2ccc(Cl)c(C(F)(F)F)c2)c1N. The third kappa shape index (κ3) is 4.40. The number of nitrogens with zero attached hydrogens (tertiary/aromatic N) is 2. The minimum Gasteiger partial charge on any atom is -0.393 e. The van der Waals surface area contributed by atoms with E-state index in [4.69, 9.17) is 28.9 Å². The first-order chi connectivity index (χ1) is 13.1. The van der Waals surface area contributed by atoms with Crippen molar-refractivity contribution in [1.29, 1.82) is 0 Å². The first-order valence-corrected chi connectivity index (χ1v) is 8.68. The van der Waals surface area contributed by atoms with Crippen LogP contribution in [0.2, 0.25) is 10.0 Å². The van der Waals surface area contributed by atoms with Gasteiger partial charge in [0.25, 0.3) is 0 Å². The smallest absolute Gasteiger partial charge is 0.393 e. The van der Waals surface area contributed by atoms with Crippen LogP contribution in [-0.4, -0.2) is 9.97 Å². The summed E-state index contributed by atoms with van der Waals surface area (Å²) in [5, 5.41) is 6.02. The molecule has 3 aromatic rings. The lowest BCUT2D eigenvalue weighted by Crippen LogP contribution is -2.08. The van der Waals surface area contributed by atoms with Crippen LogP contribution in [0.1, 0.15) is 11.1 Å². The molecule has 0 bridgehead atoms. The number of nitrogens with one attached hydrogen (secondary N) is 2. The second kappa shape index (κ2) is 7.73. The molecule has 4 N–H and O–H groups in total. The van der Waals surface area contributed by atoms with E-state index < -0.39 is 16.8 Å². The van der Waals surface area contributed by atoms with Crippen molar-refractivity contribution in [2.75, 3.05) is 16.4 Å². The third-order valence-corrected chi connectivity index (χ3v) is 4.42. The molecule has 5 nitrogen and oxygen atoms in total. The standard InChI is InChI=1S/C18H14Cl2F3N5/c1-9-6-10(19)2-5-14(9)28-17-15(24)16(25-8-26-17)27-11-3-4-13(20)12(7-11)18(21,22)23/h2-8H,24H2,1H3,(H2,25,26,27,28). The van der Waals surface area contributed by atoms with Gasteiger partial charge in [-0.1, -0.05) is 23.2 Å². The van der Waals surface area contributed by atoms with Crippen molar-refractivity contribution < 1.29 is 13.2 Å². The highest BCUT2D eigenvalue weighted by Crippen LogP contribution is 2.37. The number of halogens is 5. The molecular formula is C18H14Cl2F3N5. The van der Waals surface area contributed by atoms with Crippen LogP contribution in [0.15, 0.2) is 42.7 Å². The van der Waals surface area contributed by atoms with Gasteiger partial charge in [-0.3, -0.25) is 0 Å². The van der Waals surface area contributed by atoms with Gasteiger partial charge in [0.05, 0.1) is 10.6 Å². The van der Waals surface area contributed by atoms with Crippen LogP contribution < -0.4 is 16.4 Å². The Morgan fingerprint density at radius 1 is 0.964 bits per heavy atom. The van der Waals surface area contributed by atoms with Crippen molar-refractivity contribution in [3.05, 3.63) is 63.9 Å². The molecule has 0 spiro atoms. The highest BCUT2D eigenvalue weighted by Gasteiger charge is 2.33. The maximum absolute atomic E-state index is 13.0. The second-order valence-electron chi connectivity index (χ2n) is 5.89. The minimum absolute atomic E-state index is 0.135. The number of benzene rings is 2. The Hall–Kier alpha value is -2.71. The van der Waals surface area contributed by atoms with E-state index in [-0.39, 0.29) is 17.2 Å².